The maximum atomic E-state index is 10.1. The number of nitrogens with one attached hydrogen (secondary N) is 1. The van der Waals surface area contributed by atoms with Gasteiger partial charge in [-0.1, -0.05) is 12.2 Å². The second kappa shape index (κ2) is 5.43. The Kier molecular flexibility index (Phi) is 3.76. The molecule has 2 aromatic heterocycles. The van der Waals surface area contributed by atoms with Crippen LogP contribution in [-0.4, -0.2) is 50.2 Å². The van der Waals surface area contributed by atoms with Gasteiger partial charge in [0.15, 0.2) is 0 Å². The molecule has 0 radical (unpaired) electrons. The number of hydrogen-bond donors (Lipinski definition) is 4. The Morgan fingerprint density at radius 3 is 2.76 bits per heavy atom. The minimum absolute atomic E-state index is 0.362. The number of pyridine rings is 2. The lowest BCUT2D eigenvalue weighted by atomic mass is 10.0. The van der Waals surface area contributed by atoms with Crippen LogP contribution in [0.2, 0.25) is 0 Å². The van der Waals surface area contributed by atoms with Gasteiger partial charge in [-0.15, -0.1) is 0 Å². The van der Waals surface area contributed by atoms with Crippen LogP contribution in [-0.2, 0) is 4.74 Å². The third kappa shape index (κ3) is 2.47. The summed E-state index contributed by atoms with van der Waals surface area (Å²) < 4.78 is 5.92. The first-order chi connectivity index (χ1) is 10.0. The summed E-state index contributed by atoms with van der Waals surface area (Å²) in [7, 11) is 0. The molecule has 7 heteroatoms. The van der Waals surface area contributed by atoms with Crippen LogP contribution < -0.4 is 0 Å². The van der Waals surface area contributed by atoms with E-state index in [1.165, 1.54) is 0 Å². The standard InChI is InChI=1S/C14H16N2O4S/c1-6-2-3-7-4-8(14(21)16-13(7)15-6)12-11(19)10(18)9(5-17)20-12/h2-4,9-12,17-19H,5H2,1H3,(H,15,16,21)/t9-,10?,11?,12+/m1/s1. The Morgan fingerprint density at radius 1 is 1.33 bits per heavy atom. The predicted molar refractivity (Wildman–Crippen MR) is 78.4 cm³/mol. The molecular weight excluding hydrogens is 292 g/mol. The monoisotopic (exact) mass is 308 g/mol. The van der Waals surface area contributed by atoms with Crippen molar-refractivity contribution in [2.24, 2.45) is 0 Å². The van der Waals surface area contributed by atoms with E-state index in [0.29, 0.717) is 15.9 Å². The lowest BCUT2D eigenvalue weighted by molar-refractivity contribution is -0.0229. The van der Waals surface area contributed by atoms with E-state index in [2.05, 4.69) is 9.97 Å². The molecule has 2 unspecified atom stereocenters. The fraction of sp³-hybridized carbons (Fsp3) is 0.429. The van der Waals surface area contributed by atoms with Crippen LogP contribution in [0.15, 0.2) is 18.2 Å². The summed E-state index contributed by atoms with van der Waals surface area (Å²) in [5.41, 5.74) is 2.11. The van der Waals surface area contributed by atoms with E-state index in [4.69, 9.17) is 22.1 Å². The van der Waals surface area contributed by atoms with Gasteiger partial charge in [-0.05, 0) is 25.1 Å². The van der Waals surface area contributed by atoms with Crippen LogP contribution >= 0.6 is 12.2 Å². The molecule has 0 bridgehead atoms. The van der Waals surface area contributed by atoms with Gasteiger partial charge in [-0.2, -0.15) is 0 Å². The molecule has 4 atom stereocenters. The number of aliphatic hydroxyl groups excluding tert-OH is 3. The van der Waals surface area contributed by atoms with Crippen molar-refractivity contribution in [2.45, 2.75) is 31.3 Å². The highest BCUT2D eigenvalue weighted by Crippen LogP contribution is 2.34. The third-order valence-electron chi connectivity index (χ3n) is 3.72. The Labute approximate surface area is 126 Å². The molecule has 112 valence electrons. The Bertz CT molecular complexity index is 732. The van der Waals surface area contributed by atoms with Crippen molar-refractivity contribution >= 4 is 23.3 Å². The number of rotatable bonds is 2. The van der Waals surface area contributed by atoms with Crippen molar-refractivity contribution in [2.75, 3.05) is 6.61 Å². The van der Waals surface area contributed by atoms with Crippen molar-refractivity contribution in [1.29, 1.82) is 0 Å². The molecular formula is C14H16N2O4S. The summed E-state index contributed by atoms with van der Waals surface area (Å²) in [6.45, 7) is 1.52. The lowest BCUT2D eigenvalue weighted by Crippen LogP contribution is -2.32. The molecule has 6 nitrogen and oxygen atoms in total. The first-order valence-corrected chi connectivity index (χ1v) is 7.05. The van der Waals surface area contributed by atoms with Gasteiger partial charge in [-0.25, -0.2) is 4.98 Å². The van der Waals surface area contributed by atoms with Crippen molar-refractivity contribution < 1.29 is 20.1 Å². The number of aromatic nitrogens is 2. The van der Waals surface area contributed by atoms with E-state index in [1.54, 1.807) is 6.07 Å². The number of aromatic amines is 1. The number of aliphatic hydroxyl groups is 3. The van der Waals surface area contributed by atoms with Gasteiger partial charge in [0.05, 0.1) is 6.61 Å². The fourth-order valence-corrected chi connectivity index (χ4v) is 2.84. The summed E-state index contributed by atoms with van der Waals surface area (Å²) >= 11 is 5.30. The van der Waals surface area contributed by atoms with Crippen LogP contribution in [0.3, 0.4) is 0 Å². The van der Waals surface area contributed by atoms with Crippen LogP contribution in [0, 0.1) is 11.6 Å². The summed E-state index contributed by atoms with van der Waals surface area (Å²) in [6, 6.07) is 5.56. The second-order valence-electron chi connectivity index (χ2n) is 5.20. The molecule has 3 heterocycles. The Hall–Kier alpha value is -1.38. The normalized spacial score (nSPS) is 29.1. The molecule has 0 saturated carbocycles. The van der Waals surface area contributed by atoms with E-state index in [1.807, 2.05) is 19.1 Å². The summed E-state index contributed by atoms with van der Waals surface area (Å²) in [5, 5.41) is 29.9. The van der Waals surface area contributed by atoms with Gasteiger partial charge in [0.1, 0.15) is 34.7 Å². The van der Waals surface area contributed by atoms with Gasteiger partial charge in [0.2, 0.25) is 0 Å². The molecule has 1 aliphatic heterocycles. The highest BCUT2D eigenvalue weighted by atomic mass is 32.1. The maximum absolute atomic E-state index is 10.1. The molecule has 0 aliphatic carbocycles. The van der Waals surface area contributed by atoms with Crippen molar-refractivity contribution in [3.63, 3.8) is 0 Å². The molecule has 0 aromatic carbocycles. The van der Waals surface area contributed by atoms with Crippen LogP contribution in [0.1, 0.15) is 17.4 Å². The largest absolute Gasteiger partial charge is 0.394 e. The molecule has 0 spiro atoms. The Balaban J connectivity index is 2.07. The van der Waals surface area contributed by atoms with E-state index in [-0.39, 0.29) is 6.61 Å². The highest BCUT2D eigenvalue weighted by molar-refractivity contribution is 7.71. The summed E-state index contributed by atoms with van der Waals surface area (Å²) in [4.78, 5) is 7.37. The molecule has 1 saturated heterocycles. The van der Waals surface area contributed by atoms with E-state index >= 15 is 0 Å². The van der Waals surface area contributed by atoms with Crippen LogP contribution in [0.25, 0.3) is 11.0 Å². The van der Waals surface area contributed by atoms with Gasteiger partial charge in [0, 0.05) is 16.6 Å². The fourth-order valence-electron chi connectivity index (χ4n) is 2.56. The first kappa shape index (κ1) is 14.6. The number of aryl methyl sites for hydroxylation is 1. The number of H-pyrrole nitrogens is 1. The first-order valence-electron chi connectivity index (χ1n) is 6.64. The van der Waals surface area contributed by atoms with Crippen molar-refractivity contribution in [3.05, 3.63) is 34.1 Å². The average molecular weight is 308 g/mol. The smallest absolute Gasteiger partial charge is 0.138 e. The van der Waals surface area contributed by atoms with Gasteiger partial charge in [0.25, 0.3) is 0 Å². The second-order valence-corrected chi connectivity index (χ2v) is 5.61. The van der Waals surface area contributed by atoms with E-state index in [0.717, 1.165) is 11.1 Å². The zero-order valence-electron chi connectivity index (χ0n) is 11.4. The molecule has 0 amide bonds. The summed E-state index contributed by atoms with van der Waals surface area (Å²) in [6.07, 6.45) is -3.85. The molecule has 1 fully saturated rings. The molecule has 2 aromatic rings. The van der Waals surface area contributed by atoms with Gasteiger partial charge < -0.3 is 25.0 Å². The van der Waals surface area contributed by atoms with Gasteiger partial charge >= 0.3 is 0 Å². The molecule has 1 aliphatic rings. The minimum atomic E-state index is -1.14. The van der Waals surface area contributed by atoms with Crippen LogP contribution in [0.4, 0.5) is 0 Å². The van der Waals surface area contributed by atoms with Crippen molar-refractivity contribution in [1.82, 2.24) is 9.97 Å². The molecule has 21 heavy (non-hydrogen) atoms. The number of ether oxygens (including phenoxy) is 1. The quantitative estimate of drug-likeness (QED) is 0.611. The topological polar surface area (TPSA) is 98.6 Å². The lowest BCUT2D eigenvalue weighted by Gasteiger charge is -2.15. The predicted octanol–water partition coefficient (Wildman–Crippen LogP) is 0.755. The van der Waals surface area contributed by atoms with E-state index < -0.39 is 24.4 Å². The third-order valence-corrected chi connectivity index (χ3v) is 4.06. The van der Waals surface area contributed by atoms with Crippen LogP contribution in [0.5, 0.6) is 0 Å². The SMILES string of the molecule is Cc1ccc2cc([C@@H]3O[C@H](CO)C(O)C3O)c(=S)[nH]c2n1. The number of hydrogen-bond acceptors (Lipinski definition) is 6. The zero-order chi connectivity index (χ0) is 15.1. The van der Waals surface area contributed by atoms with Gasteiger partial charge in [-0.3, -0.25) is 0 Å². The average Bonchev–Trinajstić information content (AvgIpc) is 2.74. The molecule has 4 N–H and O–H groups in total. The number of fused-ring (bicyclic) bond motifs is 1. The maximum Gasteiger partial charge on any atom is 0.138 e. The Morgan fingerprint density at radius 2 is 2.10 bits per heavy atom. The highest BCUT2D eigenvalue weighted by Gasteiger charge is 2.43. The number of nitrogens with zero attached hydrogens (tertiary/aromatic N) is 1. The molecule has 3 rings (SSSR count). The summed E-state index contributed by atoms with van der Waals surface area (Å²) in [5.74, 6) is 0. The zero-order valence-corrected chi connectivity index (χ0v) is 12.2. The van der Waals surface area contributed by atoms with E-state index in [9.17, 15) is 10.2 Å². The van der Waals surface area contributed by atoms with Crippen molar-refractivity contribution in [3.8, 4) is 0 Å². The minimum Gasteiger partial charge on any atom is -0.394 e.